The highest BCUT2D eigenvalue weighted by Gasteiger charge is 2.38. The summed E-state index contributed by atoms with van der Waals surface area (Å²) in [5.41, 5.74) is 1.15. The van der Waals surface area contributed by atoms with Gasteiger partial charge in [-0.1, -0.05) is 30.3 Å². The number of hydrogen-bond acceptors (Lipinski definition) is 3. The number of nitrogens with one attached hydrogen (secondary N) is 1. The molecule has 0 aliphatic carbocycles. The van der Waals surface area contributed by atoms with Crippen LogP contribution in [-0.2, 0) is 11.3 Å². The van der Waals surface area contributed by atoms with Gasteiger partial charge in [0.15, 0.2) is 6.10 Å². The van der Waals surface area contributed by atoms with Gasteiger partial charge in [-0.05, 0) is 18.5 Å². The first-order valence-electron chi connectivity index (χ1n) is 6.07. The molecule has 3 nitrogen and oxygen atoms in total. The Morgan fingerprint density at radius 3 is 2.53 bits per heavy atom. The van der Waals surface area contributed by atoms with E-state index in [4.69, 9.17) is 9.84 Å². The highest BCUT2D eigenvalue weighted by atomic mass is 19.4. The molecule has 0 bridgehead atoms. The van der Waals surface area contributed by atoms with E-state index in [1.54, 1.807) is 0 Å². The van der Waals surface area contributed by atoms with Crippen molar-refractivity contribution < 1.29 is 23.0 Å². The zero-order valence-corrected chi connectivity index (χ0v) is 10.5. The van der Waals surface area contributed by atoms with Crippen LogP contribution >= 0.6 is 0 Å². The quantitative estimate of drug-likeness (QED) is 0.715. The standard InChI is InChI=1S/C13H18F3NO2/c14-13(15,16)12(18)10-19-8-4-7-17-9-11-5-2-1-3-6-11/h1-3,5-6,12,17-18H,4,7-10H2. The molecule has 0 aliphatic heterocycles. The van der Waals surface area contributed by atoms with Crippen LogP contribution < -0.4 is 5.32 Å². The highest BCUT2D eigenvalue weighted by molar-refractivity contribution is 5.14. The molecule has 2 N–H and O–H groups in total. The van der Waals surface area contributed by atoms with Gasteiger partial charge in [0.25, 0.3) is 0 Å². The molecule has 0 saturated heterocycles. The topological polar surface area (TPSA) is 41.5 Å². The smallest absolute Gasteiger partial charge is 0.382 e. The van der Waals surface area contributed by atoms with Gasteiger partial charge in [-0.25, -0.2) is 0 Å². The predicted octanol–water partition coefficient (Wildman–Crippen LogP) is 2.11. The molecule has 0 radical (unpaired) electrons. The molecule has 1 unspecified atom stereocenters. The first-order chi connectivity index (χ1) is 9.00. The number of aliphatic hydroxyl groups excluding tert-OH is 1. The molecule has 0 fully saturated rings. The summed E-state index contributed by atoms with van der Waals surface area (Å²) >= 11 is 0. The third kappa shape index (κ3) is 7.15. The molecular weight excluding hydrogens is 259 g/mol. The van der Waals surface area contributed by atoms with Crippen LogP contribution in [0.1, 0.15) is 12.0 Å². The SMILES string of the molecule is OC(COCCCNCc1ccccc1)C(F)(F)F. The number of rotatable bonds is 8. The van der Waals surface area contributed by atoms with E-state index < -0.39 is 18.9 Å². The maximum atomic E-state index is 11.9. The third-order valence-corrected chi connectivity index (χ3v) is 2.47. The molecule has 1 aromatic carbocycles. The molecule has 0 spiro atoms. The van der Waals surface area contributed by atoms with Crippen molar-refractivity contribution in [1.82, 2.24) is 5.32 Å². The zero-order valence-electron chi connectivity index (χ0n) is 10.5. The molecule has 6 heteroatoms. The molecule has 0 saturated carbocycles. The molecule has 0 amide bonds. The van der Waals surface area contributed by atoms with Gasteiger partial charge in [-0.3, -0.25) is 0 Å². The number of benzene rings is 1. The largest absolute Gasteiger partial charge is 0.416 e. The van der Waals surface area contributed by atoms with Crippen molar-refractivity contribution in [1.29, 1.82) is 0 Å². The molecular formula is C13H18F3NO2. The van der Waals surface area contributed by atoms with Crippen LogP contribution in [0.3, 0.4) is 0 Å². The van der Waals surface area contributed by atoms with Crippen LogP contribution in [0.4, 0.5) is 13.2 Å². The van der Waals surface area contributed by atoms with Crippen LogP contribution in [0, 0.1) is 0 Å². The van der Waals surface area contributed by atoms with Crippen LogP contribution in [0.15, 0.2) is 30.3 Å². The Bertz CT molecular complexity index is 343. The zero-order chi connectivity index (χ0) is 14.1. The summed E-state index contributed by atoms with van der Waals surface area (Å²) in [4.78, 5) is 0. The summed E-state index contributed by atoms with van der Waals surface area (Å²) in [6.45, 7) is 0.847. The average molecular weight is 277 g/mol. The van der Waals surface area contributed by atoms with Crippen molar-refractivity contribution in [3.8, 4) is 0 Å². The Morgan fingerprint density at radius 2 is 1.89 bits per heavy atom. The van der Waals surface area contributed by atoms with Crippen molar-refractivity contribution in [2.45, 2.75) is 25.2 Å². The number of alkyl halides is 3. The Labute approximate surface area is 110 Å². The van der Waals surface area contributed by atoms with E-state index in [2.05, 4.69) is 5.32 Å². The highest BCUT2D eigenvalue weighted by Crippen LogP contribution is 2.19. The fourth-order valence-electron chi connectivity index (χ4n) is 1.42. The Balaban J connectivity index is 1.97. The maximum Gasteiger partial charge on any atom is 0.416 e. The minimum atomic E-state index is -4.61. The van der Waals surface area contributed by atoms with Gasteiger partial charge < -0.3 is 15.2 Å². The summed E-state index contributed by atoms with van der Waals surface area (Å²) in [6.07, 6.45) is -6.41. The van der Waals surface area contributed by atoms with E-state index in [-0.39, 0.29) is 6.61 Å². The van der Waals surface area contributed by atoms with E-state index in [1.165, 1.54) is 0 Å². The minimum absolute atomic E-state index is 0.189. The van der Waals surface area contributed by atoms with E-state index in [0.717, 1.165) is 5.56 Å². The van der Waals surface area contributed by atoms with Gasteiger partial charge in [0.05, 0.1) is 6.61 Å². The lowest BCUT2D eigenvalue weighted by Gasteiger charge is -2.14. The lowest BCUT2D eigenvalue weighted by Crippen LogP contribution is -2.33. The molecule has 0 aliphatic rings. The van der Waals surface area contributed by atoms with Gasteiger partial charge in [0, 0.05) is 13.2 Å². The second kappa shape index (κ2) is 8.14. The lowest BCUT2D eigenvalue weighted by molar-refractivity contribution is -0.217. The van der Waals surface area contributed by atoms with Gasteiger partial charge in [-0.15, -0.1) is 0 Å². The van der Waals surface area contributed by atoms with Crippen molar-refractivity contribution in [2.75, 3.05) is 19.8 Å². The Hall–Kier alpha value is -1.11. The number of hydrogen-bond donors (Lipinski definition) is 2. The fourth-order valence-corrected chi connectivity index (χ4v) is 1.42. The number of halogens is 3. The van der Waals surface area contributed by atoms with Crippen molar-refractivity contribution in [3.63, 3.8) is 0 Å². The molecule has 1 rings (SSSR count). The predicted molar refractivity (Wildman–Crippen MR) is 65.6 cm³/mol. The monoisotopic (exact) mass is 277 g/mol. The Kier molecular flexibility index (Phi) is 6.83. The molecule has 19 heavy (non-hydrogen) atoms. The van der Waals surface area contributed by atoms with Crippen molar-refractivity contribution >= 4 is 0 Å². The van der Waals surface area contributed by atoms with E-state index in [0.29, 0.717) is 19.5 Å². The summed E-state index contributed by atoms with van der Waals surface area (Å²) in [6, 6.07) is 9.80. The number of ether oxygens (including phenoxy) is 1. The van der Waals surface area contributed by atoms with Gasteiger partial charge in [0.2, 0.25) is 0 Å². The van der Waals surface area contributed by atoms with Crippen molar-refractivity contribution in [2.24, 2.45) is 0 Å². The second-order valence-electron chi connectivity index (χ2n) is 4.15. The van der Waals surface area contributed by atoms with E-state index in [9.17, 15) is 13.2 Å². The van der Waals surface area contributed by atoms with Crippen LogP contribution in [0.5, 0.6) is 0 Å². The maximum absolute atomic E-state index is 11.9. The average Bonchev–Trinajstić information content (AvgIpc) is 2.37. The molecule has 108 valence electrons. The summed E-state index contributed by atoms with van der Waals surface area (Å²) in [5.74, 6) is 0. The van der Waals surface area contributed by atoms with E-state index in [1.807, 2.05) is 30.3 Å². The van der Waals surface area contributed by atoms with E-state index >= 15 is 0 Å². The molecule has 1 aromatic rings. The van der Waals surface area contributed by atoms with Crippen LogP contribution in [-0.4, -0.2) is 37.1 Å². The second-order valence-corrected chi connectivity index (χ2v) is 4.15. The van der Waals surface area contributed by atoms with Crippen LogP contribution in [0.2, 0.25) is 0 Å². The molecule has 0 aromatic heterocycles. The van der Waals surface area contributed by atoms with Gasteiger partial charge in [-0.2, -0.15) is 13.2 Å². The first kappa shape index (κ1) is 15.9. The van der Waals surface area contributed by atoms with Gasteiger partial charge >= 0.3 is 6.18 Å². The normalized spacial score (nSPS) is 13.5. The fraction of sp³-hybridized carbons (Fsp3) is 0.538. The Morgan fingerprint density at radius 1 is 1.21 bits per heavy atom. The third-order valence-electron chi connectivity index (χ3n) is 2.47. The molecule has 0 heterocycles. The summed E-state index contributed by atoms with van der Waals surface area (Å²) in [7, 11) is 0. The van der Waals surface area contributed by atoms with Crippen LogP contribution in [0.25, 0.3) is 0 Å². The number of aliphatic hydroxyl groups is 1. The van der Waals surface area contributed by atoms with Crippen molar-refractivity contribution in [3.05, 3.63) is 35.9 Å². The summed E-state index contributed by atoms with van der Waals surface area (Å²) < 4.78 is 40.5. The minimum Gasteiger partial charge on any atom is -0.382 e. The van der Waals surface area contributed by atoms with Gasteiger partial charge in [0.1, 0.15) is 0 Å². The lowest BCUT2D eigenvalue weighted by atomic mass is 10.2. The molecule has 1 atom stereocenters. The summed E-state index contributed by atoms with van der Waals surface area (Å²) in [5, 5.41) is 11.8. The first-order valence-corrected chi connectivity index (χ1v) is 6.07.